The number of amides is 3. The number of sulfone groups is 1. The summed E-state index contributed by atoms with van der Waals surface area (Å²) in [4.78, 5) is 27.5. The molecule has 0 spiro atoms. The minimum Gasteiger partial charge on any atom is -0.319 e. The van der Waals surface area contributed by atoms with E-state index >= 15 is 0 Å². The number of carbonyl (C=O) groups is 2. The summed E-state index contributed by atoms with van der Waals surface area (Å²) in [6.45, 7) is 1.61. The number of fused-ring (bicyclic) bond motifs is 1. The third-order valence-electron chi connectivity index (χ3n) is 6.53. The molecule has 1 fully saturated rings. The normalized spacial score (nSPS) is 20.0. The van der Waals surface area contributed by atoms with Crippen molar-refractivity contribution in [1.29, 1.82) is 0 Å². The number of urea groups is 1. The zero-order chi connectivity index (χ0) is 24.3. The summed E-state index contributed by atoms with van der Waals surface area (Å²) in [7, 11) is -3.38. The molecule has 34 heavy (non-hydrogen) atoms. The summed E-state index contributed by atoms with van der Waals surface area (Å²) in [5.74, 6) is -0.774. The molecule has 0 saturated carbocycles. The molecule has 10 heteroatoms. The summed E-state index contributed by atoms with van der Waals surface area (Å²) in [6, 6.07) is 11.4. The maximum atomic E-state index is 13.4. The predicted octanol–water partition coefficient (Wildman–Crippen LogP) is 2.87. The van der Waals surface area contributed by atoms with E-state index in [0.717, 1.165) is 47.4 Å². The second kappa shape index (κ2) is 7.76. The first-order valence-electron chi connectivity index (χ1n) is 10.9. The highest BCUT2D eigenvalue weighted by Gasteiger charge is 2.49. The molecule has 1 aliphatic carbocycles. The largest absolute Gasteiger partial charge is 0.325 e. The van der Waals surface area contributed by atoms with Gasteiger partial charge in [-0.2, -0.15) is 5.10 Å². The molecule has 1 unspecified atom stereocenters. The highest BCUT2D eigenvalue weighted by atomic mass is 32.2. The van der Waals surface area contributed by atoms with Crippen LogP contribution in [0.15, 0.2) is 53.4 Å². The summed E-state index contributed by atoms with van der Waals surface area (Å²) in [5.41, 5.74) is 2.54. The van der Waals surface area contributed by atoms with Crippen LogP contribution in [0.5, 0.6) is 0 Å². The van der Waals surface area contributed by atoms with Gasteiger partial charge in [-0.15, -0.1) is 0 Å². The molecule has 1 saturated heterocycles. The molecular weight excluding hydrogens is 459 g/mol. The van der Waals surface area contributed by atoms with Gasteiger partial charge in [0.05, 0.1) is 22.8 Å². The Morgan fingerprint density at radius 1 is 1.06 bits per heavy atom. The molecule has 0 bridgehead atoms. The SMILES string of the molecule is CC1(c2ccc(S(C)(=O)=O)cc2)NC(=O)N(Cc2nn(-c3ccc(F)cc3)c3c2CCC3)C1=O. The standard InChI is InChI=1S/C24H23FN4O4S/c1-24(15-6-12-18(13-7-15)34(2,32)33)22(30)28(23(31)26-24)14-20-19-4-3-5-21(19)29(27-20)17-10-8-16(25)9-11-17/h6-13H,3-5,14H2,1-2H3,(H,26,31). The molecule has 2 aromatic carbocycles. The Hall–Kier alpha value is -3.53. The number of imide groups is 1. The van der Waals surface area contributed by atoms with E-state index < -0.39 is 27.3 Å². The molecular formula is C24H23FN4O4S. The van der Waals surface area contributed by atoms with Crippen LogP contribution in [0.4, 0.5) is 9.18 Å². The van der Waals surface area contributed by atoms with Crippen molar-refractivity contribution in [3.63, 3.8) is 0 Å². The summed E-state index contributed by atoms with van der Waals surface area (Å²) < 4.78 is 38.7. The van der Waals surface area contributed by atoms with Gasteiger partial charge in [0.1, 0.15) is 11.4 Å². The summed E-state index contributed by atoms with van der Waals surface area (Å²) >= 11 is 0. The third-order valence-corrected chi connectivity index (χ3v) is 7.66. The van der Waals surface area contributed by atoms with Crippen molar-refractivity contribution in [1.82, 2.24) is 20.0 Å². The van der Waals surface area contributed by atoms with Crippen molar-refractivity contribution < 1.29 is 22.4 Å². The van der Waals surface area contributed by atoms with E-state index in [4.69, 9.17) is 0 Å². The van der Waals surface area contributed by atoms with Crippen LogP contribution in [0.3, 0.4) is 0 Å². The van der Waals surface area contributed by atoms with E-state index in [9.17, 15) is 22.4 Å². The number of hydrogen-bond acceptors (Lipinski definition) is 5. The Labute approximate surface area is 196 Å². The second-order valence-corrected chi connectivity index (χ2v) is 10.9. The van der Waals surface area contributed by atoms with Gasteiger partial charge in [-0.1, -0.05) is 12.1 Å². The van der Waals surface area contributed by atoms with Gasteiger partial charge in [0.2, 0.25) is 0 Å². The van der Waals surface area contributed by atoms with Crippen molar-refractivity contribution in [2.45, 2.75) is 43.2 Å². The molecule has 176 valence electrons. The smallest absolute Gasteiger partial charge is 0.319 e. The van der Waals surface area contributed by atoms with Crippen molar-refractivity contribution in [3.8, 4) is 5.69 Å². The molecule has 2 aliphatic rings. The Morgan fingerprint density at radius 2 is 1.74 bits per heavy atom. The van der Waals surface area contributed by atoms with E-state index in [0.29, 0.717) is 11.3 Å². The molecule has 5 rings (SSSR count). The van der Waals surface area contributed by atoms with E-state index in [2.05, 4.69) is 10.4 Å². The Bertz CT molecular complexity index is 1410. The van der Waals surface area contributed by atoms with Crippen LogP contribution in [-0.2, 0) is 39.6 Å². The van der Waals surface area contributed by atoms with Crippen molar-refractivity contribution in [3.05, 3.63) is 76.9 Å². The van der Waals surface area contributed by atoms with Gasteiger partial charge in [0, 0.05) is 11.9 Å². The van der Waals surface area contributed by atoms with E-state index in [1.54, 1.807) is 35.9 Å². The first-order valence-corrected chi connectivity index (χ1v) is 12.8. The maximum absolute atomic E-state index is 13.4. The number of nitrogens with zero attached hydrogens (tertiary/aromatic N) is 3. The molecule has 3 amide bonds. The number of aromatic nitrogens is 2. The Balaban J connectivity index is 1.45. The van der Waals surface area contributed by atoms with Crippen LogP contribution >= 0.6 is 0 Å². The maximum Gasteiger partial charge on any atom is 0.325 e. The van der Waals surface area contributed by atoms with Gasteiger partial charge >= 0.3 is 6.03 Å². The molecule has 0 radical (unpaired) electrons. The van der Waals surface area contributed by atoms with Crippen LogP contribution in [-0.4, -0.2) is 41.3 Å². The first-order chi connectivity index (χ1) is 16.1. The molecule has 2 heterocycles. The van der Waals surface area contributed by atoms with Gasteiger partial charge in [0.15, 0.2) is 9.84 Å². The van der Waals surface area contributed by atoms with Gasteiger partial charge in [-0.05, 0) is 73.7 Å². The van der Waals surface area contributed by atoms with Gasteiger partial charge in [-0.3, -0.25) is 9.69 Å². The number of hydrogen-bond donors (Lipinski definition) is 1. The zero-order valence-electron chi connectivity index (χ0n) is 18.7. The third kappa shape index (κ3) is 3.58. The summed E-state index contributed by atoms with van der Waals surface area (Å²) in [6.07, 6.45) is 3.65. The molecule has 1 atom stereocenters. The predicted molar refractivity (Wildman–Crippen MR) is 122 cm³/mol. The van der Waals surface area contributed by atoms with Crippen LogP contribution < -0.4 is 5.32 Å². The lowest BCUT2D eigenvalue weighted by Gasteiger charge is -2.22. The molecule has 1 aromatic heterocycles. The Kier molecular flexibility index (Phi) is 5.09. The van der Waals surface area contributed by atoms with Crippen molar-refractivity contribution in [2.75, 3.05) is 6.26 Å². The minimum atomic E-state index is -3.38. The zero-order valence-corrected chi connectivity index (χ0v) is 19.5. The lowest BCUT2D eigenvalue weighted by Crippen LogP contribution is -2.40. The van der Waals surface area contributed by atoms with Gasteiger partial charge in [0.25, 0.3) is 5.91 Å². The second-order valence-electron chi connectivity index (χ2n) is 8.86. The van der Waals surface area contributed by atoms with Crippen LogP contribution in [0.1, 0.15) is 35.9 Å². The summed E-state index contributed by atoms with van der Waals surface area (Å²) in [5, 5.41) is 7.43. The van der Waals surface area contributed by atoms with Gasteiger partial charge in [-0.25, -0.2) is 22.3 Å². The number of halogens is 1. The van der Waals surface area contributed by atoms with E-state index in [1.807, 2.05) is 0 Å². The Morgan fingerprint density at radius 3 is 2.38 bits per heavy atom. The fraction of sp³-hybridized carbons (Fsp3) is 0.292. The monoisotopic (exact) mass is 482 g/mol. The fourth-order valence-electron chi connectivity index (χ4n) is 4.66. The lowest BCUT2D eigenvalue weighted by atomic mass is 9.92. The van der Waals surface area contributed by atoms with Crippen molar-refractivity contribution >= 4 is 21.8 Å². The number of carbonyl (C=O) groups excluding carboxylic acids is 2. The highest BCUT2D eigenvalue weighted by molar-refractivity contribution is 7.90. The van der Waals surface area contributed by atoms with E-state index in [-0.39, 0.29) is 17.3 Å². The number of benzene rings is 2. The first kappa shape index (κ1) is 22.3. The number of rotatable bonds is 5. The number of nitrogens with one attached hydrogen (secondary N) is 1. The average molecular weight is 483 g/mol. The topological polar surface area (TPSA) is 101 Å². The minimum absolute atomic E-state index is 0.0121. The quantitative estimate of drug-likeness (QED) is 0.564. The van der Waals surface area contributed by atoms with Gasteiger partial charge < -0.3 is 5.32 Å². The molecule has 3 aromatic rings. The van der Waals surface area contributed by atoms with Crippen LogP contribution in [0.2, 0.25) is 0 Å². The highest BCUT2D eigenvalue weighted by Crippen LogP contribution is 2.33. The van der Waals surface area contributed by atoms with Crippen LogP contribution in [0, 0.1) is 5.82 Å². The fourth-order valence-corrected chi connectivity index (χ4v) is 5.29. The van der Waals surface area contributed by atoms with E-state index in [1.165, 1.54) is 24.3 Å². The lowest BCUT2D eigenvalue weighted by molar-refractivity contribution is -0.131. The van der Waals surface area contributed by atoms with Crippen molar-refractivity contribution in [2.24, 2.45) is 0 Å². The molecule has 1 N–H and O–H groups in total. The van der Waals surface area contributed by atoms with Crippen LogP contribution in [0.25, 0.3) is 5.69 Å². The molecule has 8 nitrogen and oxygen atoms in total. The molecule has 1 aliphatic heterocycles. The average Bonchev–Trinajstić information content (AvgIpc) is 3.45.